The Morgan fingerprint density at radius 3 is 2.64 bits per heavy atom. The fourth-order valence-corrected chi connectivity index (χ4v) is 2.95. The summed E-state index contributed by atoms with van der Waals surface area (Å²) in [6.45, 7) is 2.57. The maximum absolute atomic E-state index is 12.7. The number of carbonyl (C=O) groups excluding carboxylic acids is 2. The van der Waals surface area contributed by atoms with Crippen LogP contribution >= 0.6 is 0 Å². The van der Waals surface area contributed by atoms with Crippen molar-refractivity contribution in [3.8, 4) is 0 Å². The highest BCUT2D eigenvalue weighted by molar-refractivity contribution is 6.13. The van der Waals surface area contributed by atoms with Crippen LogP contribution in [0.5, 0.6) is 0 Å². The molecule has 0 bridgehead atoms. The molecule has 1 atom stereocenters. The number of hydrogen-bond acceptors (Lipinski definition) is 5. The molecule has 2 aromatic carbocycles. The second kappa shape index (κ2) is 8.67. The average Bonchev–Trinajstić information content (AvgIpc) is 2.79. The van der Waals surface area contributed by atoms with E-state index >= 15 is 0 Å². The summed E-state index contributed by atoms with van der Waals surface area (Å²) in [5.41, 5.74) is 4.09. The van der Waals surface area contributed by atoms with Crippen LogP contribution in [-0.4, -0.2) is 49.4 Å². The standard InChI is InChI=1S/C21H24N4O3/c1-14-8-7-11-16-17(12-25(2)3)22-19(20(26)23-18(14)16)24-21(27)28-13-15-9-5-4-6-10-15/h4-11,19H,12-13H2,1-3H3,(H,23,26)(H,24,27). The number of nitrogens with zero attached hydrogens (tertiary/aromatic N) is 2. The molecule has 0 spiro atoms. The number of amides is 2. The zero-order valence-electron chi connectivity index (χ0n) is 16.2. The van der Waals surface area contributed by atoms with Crippen molar-refractivity contribution in [3.63, 3.8) is 0 Å². The van der Waals surface area contributed by atoms with Crippen molar-refractivity contribution < 1.29 is 14.3 Å². The average molecular weight is 380 g/mol. The van der Waals surface area contributed by atoms with E-state index in [9.17, 15) is 9.59 Å². The summed E-state index contributed by atoms with van der Waals surface area (Å²) in [6, 6.07) is 15.1. The Bertz CT molecular complexity index is 894. The summed E-state index contributed by atoms with van der Waals surface area (Å²) in [6.07, 6.45) is -1.76. The van der Waals surface area contributed by atoms with E-state index in [1.807, 2.05) is 74.4 Å². The van der Waals surface area contributed by atoms with E-state index in [2.05, 4.69) is 15.6 Å². The van der Waals surface area contributed by atoms with E-state index in [0.29, 0.717) is 6.54 Å². The van der Waals surface area contributed by atoms with Crippen molar-refractivity contribution in [2.45, 2.75) is 19.7 Å². The van der Waals surface area contributed by atoms with E-state index in [1.165, 1.54) is 0 Å². The number of aliphatic imine (C=N–C) groups is 1. The first-order valence-corrected chi connectivity index (χ1v) is 9.03. The van der Waals surface area contributed by atoms with Crippen LogP contribution in [0.1, 0.15) is 16.7 Å². The second-order valence-corrected chi connectivity index (χ2v) is 6.91. The molecule has 0 radical (unpaired) electrons. The van der Waals surface area contributed by atoms with Crippen molar-refractivity contribution in [2.75, 3.05) is 26.0 Å². The number of anilines is 1. The highest BCUT2D eigenvalue weighted by atomic mass is 16.5. The molecule has 0 saturated carbocycles. The van der Waals surface area contributed by atoms with Gasteiger partial charge in [0.15, 0.2) is 0 Å². The van der Waals surface area contributed by atoms with E-state index in [0.717, 1.165) is 28.1 Å². The molecule has 1 aliphatic heterocycles. The van der Waals surface area contributed by atoms with Gasteiger partial charge < -0.3 is 15.0 Å². The molecule has 2 aromatic rings. The van der Waals surface area contributed by atoms with Gasteiger partial charge in [-0.15, -0.1) is 0 Å². The van der Waals surface area contributed by atoms with Gasteiger partial charge >= 0.3 is 6.09 Å². The Morgan fingerprint density at radius 2 is 1.93 bits per heavy atom. The number of benzene rings is 2. The van der Waals surface area contributed by atoms with Gasteiger partial charge in [0, 0.05) is 12.1 Å². The zero-order chi connectivity index (χ0) is 20.1. The molecular formula is C21H24N4O3. The minimum Gasteiger partial charge on any atom is -0.445 e. The number of benzodiazepines with no additional fused rings is 1. The molecule has 7 heteroatoms. The smallest absolute Gasteiger partial charge is 0.409 e. The van der Waals surface area contributed by atoms with Crippen LogP contribution in [0.4, 0.5) is 10.5 Å². The Morgan fingerprint density at radius 1 is 1.18 bits per heavy atom. The fraction of sp³-hybridized carbons (Fsp3) is 0.286. The van der Waals surface area contributed by atoms with Crippen LogP contribution in [-0.2, 0) is 16.1 Å². The van der Waals surface area contributed by atoms with Gasteiger partial charge in [0.2, 0.25) is 6.17 Å². The molecule has 1 unspecified atom stereocenters. The van der Waals surface area contributed by atoms with Gasteiger partial charge in [-0.2, -0.15) is 0 Å². The zero-order valence-corrected chi connectivity index (χ0v) is 16.2. The van der Waals surface area contributed by atoms with Gasteiger partial charge in [-0.05, 0) is 32.1 Å². The normalized spacial score (nSPS) is 15.9. The number of nitrogens with one attached hydrogen (secondary N) is 2. The number of likely N-dealkylation sites (N-methyl/N-ethyl adjacent to an activating group) is 1. The van der Waals surface area contributed by atoms with Gasteiger partial charge in [-0.1, -0.05) is 48.5 Å². The quantitative estimate of drug-likeness (QED) is 0.835. The predicted molar refractivity (Wildman–Crippen MR) is 108 cm³/mol. The number of para-hydroxylation sites is 1. The van der Waals surface area contributed by atoms with Crippen molar-refractivity contribution in [2.24, 2.45) is 4.99 Å². The summed E-state index contributed by atoms with van der Waals surface area (Å²) >= 11 is 0. The SMILES string of the molecule is Cc1cccc2c1NC(=O)C(NC(=O)OCc1ccccc1)N=C2CN(C)C. The second-order valence-electron chi connectivity index (χ2n) is 6.91. The van der Waals surface area contributed by atoms with Crippen molar-refractivity contribution in [1.29, 1.82) is 0 Å². The van der Waals surface area contributed by atoms with Gasteiger partial charge in [0.1, 0.15) is 6.61 Å². The first-order chi connectivity index (χ1) is 13.4. The van der Waals surface area contributed by atoms with Crippen molar-refractivity contribution >= 4 is 23.4 Å². The number of aryl methyl sites for hydroxylation is 1. The molecule has 146 valence electrons. The summed E-state index contributed by atoms with van der Waals surface area (Å²) in [5, 5.41) is 5.44. The molecule has 1 heterocycles. The van der Waals surface area contributed by atoms with Crippen LogP contribution in [0.25, 0.3) is 0 Å². The van der Waals surface area contributed by atoms with Crippen LogP contribution < -0.4 is 10.6 Å². The highest BCUT2D eigenvalue weighted by Crippen LogP contribution is 2.24. The molecule has 0 fully saturated rings. The number of fused-ring (bicyclic) bond motifs is 1. The number of hydrogen-bond donors (Lipinski definition) is 2. The Balaban J connectivity index is 1.78. The topological polar surface area (TPSA) is 83.0 Å². The number of rotatable bonds is 5. The third-order valence-corrected chi connectivity index (χ3v) is 4.30. The summed E-state index contributed by atoms with van der Waals surface area (Å²) < 4.78 is 5.23. The van der Waals surface area contributed by atoms with E-state index in [4.69, 9.17) is 4.74 Å². The number of alkyl carbamates (subject to hydrolysis) is 1. The number of ether oxygens (including phenoxy) is 1. The van der Waals surface area contributed by atoms with Gasteiger partial charge in [0.25, 0.3) is 5.91 Å². The first kappa shape index (κ1) is 19.6. The monoisotopic (exact) mass is 380 g/mol. The lowest BCUT2D eigenvalue weighted by Crippen LogP contribution is -2.42. The molecule has 7 nitrogen and oxygen atoms in total. The molecule has 0 saturated heterocycles. The molecule has 0 aliphatic carbocycles. The minimum atomic E-state index is -1.06. The van der Waals surface area contributed by atoms with E-state index in [1.54, 1.807) is 0 Å². The van der Waals surface area contributed by atoms with Crippen LogP contribution in [0.3, 0.4) is 0 Å². The lowest BCUT2D eigenvalue weighted by molar-refractivity contribution is -0.117. The molecule has 0 aromatic heterocycles. The lowest BCUT2D eigenvalue weighted by atomic mass is 10.0. The Kier molecular flexibility index (Phi) is 6.06. The van der Waals surface area contributed by atoms with E-state index in [-0.39, 0.29) is 6.61 Å². The maximum atomic E-state index is 12.7. The van der Waals surface area contributed by atoms with Gasteiger partial charge in [0.05, 0.1) is 11.4 Å². The molecule has 2 amide bonds. The van der Waals surface area contributed by atoms with Crippen LogP contribution in [0.15, 0.2) is 53.5 Å². The van der Waals surface area contributed by atoms with Crippen molar-refractivity contribution in [1.82, 2.24) is 10.2 Å². The van der Waals surface area contributed by atoms with Crippen LogP contribution in [0.2, 0.25) is 0 Å². The van der Waals surface area contributed by atoms with Gasteiger partial charge in [-0.3, -0.25) is 15.1 Å². The third kappa shape index (κ3) is 4.75. The van der Waals surface area contributed by atoms with Crippen LogP contribution in [0, 0.1) is 6.92 Å². The number of carbonyl (C=O) groups is 2. The Labute approximate surface area is 164 Å². The summed E-state index contributed by atoms with van der Waals surface area (Å²) in [5.74, 6) is -0.402. The first-order valence-electron chi connectivity index (χ1n) is 9.03. The fourth-order valence-electron chi connectivity index (χ4n) is 2.95. The Hall–Kier alpha value is -3.19. The largest absolute Gasteiger partial charge is 0.445 e. The third-order valence-electron chi connectivity index (χ3n) is 4.30. The summed E-state index contributed by atoms with van der Waals surface area (Å²) in [4.78, 5) is 31.4. The molecule has 3 rings (SSSR count). The highest BCUT2D eigenvalue weighted by Gasteiger charge is 2.27. The lowest BCUT2D eigenvalue weighted by Gasteiger charge is -2.15. The predicted octanol–water partition coefficient (Wildman–Crippen LogP) is 2.55. The van der Waals surface area contributed by atoms with Crippen molar-refractivity contribution in [3.05, 3.63) is 65.2 Å². The van der Waals surface area contributed by atoms with Gasteiger partial charge in [-0.25, -0.2) is 4.79 Å². The molecule has 1 aliphatic rings. The maximum Gasteiger partial charge on any atom is 0.409 e. The summed E-state index contributed by atoms with van der Waals surface area (Å²) in [7, 11) is 3.85. The molecular weight excluding hydrogens is 356 g/mol. The minimum absolute atomic E-state index is 0.120. The molecule has 28 heavy (non-hydrogen) atoms. The molecule has 2 N–H and O–H groups in total. The van der Waals surface area contributed by atoms with E-state index < -0.39 is 18.2 Å².